The van der Waals surface area contributed by atoms with Crippen LogP contribution in [0.2, 0.25) is 0 Å². The van der Waals surface area contributed by atoms with E-state index in [1.165, 1.54) is 6.21 Å². The number of nitrogens with zero attached hydrogens (tertiary/aromatic N) is 1. The van der Waals surface area contributed by atoms with Crippen LogP contribution >= 0.6 is 11.3 Å². The van der Waals surface area contributed by atoms with Crippen LogP contribution in [0.1, 0.15) is 12.5 Å². The van der Waals surface area contributed by atoms with Gasteiger partial charge in [-0.1, -0.05) is 0 Å². The molecule has 3 heteroatoms. The van der Waals surface area contributed by atoms with Gasteiger partial charge >= 0.3 is 0 Å². The van der Waals surface area contributed by atoms with Gasteiger partial charge in [-0.2, -0.15) is 0 Å². The van der Waals surface area contributed by atoms with Gasteiger partial charge in [0, 0.05) is 18.0 Å². The first-order valence-electron chi connectivity index (χ1n) is 2.95. The minimum atomic E-state index is 0.892. The molecule has 1 N–H and O–H groups in total. The second-order valence-corrected chi connectivity index (χ2v) is 2.61. The fraction of sp³-hybridized carbons (Fsp3) is 0.143. The Hall–Kier alpha value is -0.960. The van der Waals surface area contributed by atoms with Crippen molar-refractivity contribution in [2.45, 2.75) is 6.92 Å². The first kappa shape index (κ1) is 7.15. The lowest BCUT2D eigenvalue weighted by Gasteiger charge is -1.85. The van der Waals surface area contributed by atoms with Crippen molar-refractivity contribution in [3.05, 3.63) is 17.0 Å². The lowest BCUT2D eigenvalue weighted by atomic mass is 10.3. The maximum Gasteiger partial charge on any atom is 0.124 e. The first-order valence-corrected chi connectivity index (χ1v) is 3.83. The lowest BCUT2D eigenvalue weighted by Crippen LogP contribution is -1.70. The Morgan fingerprint density at radius 3 is 3.10 bits per heavy atom. The van der Waals surface area contributed by atoms with Crippen LogP contribution in [0, 0.1) is 5.41 Å². The summed E-state index contributed by atoms with van der Waals surface area (Å²) in [5.74, 6) is 0. The van der Waals surface area contributed by atoms with Gasteiger partial charge in [0.05, 0.1) is 0 Å². The van der Waals surface area contributed by atoms with E-state index in [-0.39, 0.29) is 0 Å². The summed E-state index contributed by atoms with van der Waals surface area (Å²) >= 11 is 1.55. The fourth-order valence-corrected chi connectivity index (χ4v) is 1.42. The number of hydrogen-bond donors (Lipinski definition) is 1. The highest BCUT2D eigenvalue weighted by Crippen LogP contribution is 2.23. The molecule has 0 amide bonds. The van der Waals surface area contributed by atoms with E-state index in [2.05, 4.69) is 4.99 Å². The lowest BCUT2D eigenvalue weighted by molar-refractivity contribution is 1.54. The van der Waals surface area contributed by atoms with E-state index in [0.29, 0.717) is 0 Å². The van der Waals surface area contributed by atoms with Gasteiger partial charge in [-0.15, -0.1) is 11.3 Å². The summed E-state index contributed by atoms with van der Waals surface area (Å²) < 4.78 is 0. The zero-order valence-electron chi connectivity index (χ0n) is 5.66. The van der Waals surface area contributed by atoms with E-state index < -0.39 is 0 Å². The van der Waals surface area contributed by atoms with Crippen molar-refractivity contribution in [3.63, 3.8) is 0 Å². The Labute approximate surface area is 63.7 Å². The smallest absolute Gasteiger partial charge is 0.124 e. The fourth-order valence-electron chi connectivity index (χ4n) is 0.643. The summed E-state index contributed by atoms with van der Waals surface area (Å²) in [4.78, 5) is 4.08. The molecule has 1 heterocycles. The molecule has 0 bridgehead atoms. The standard InChI is InChI=1S/C7H8N2S/c1-2-9-7-6(5-8)3-4-10-7/h2-5,8H,1H3/b8-5?,9-2-. The van der Waals surface area contributed by atoms with Crippen LogP contribution in [0.3, 0.4) is 0 Å². The van der Waals surface area contributed by atoms with E-state index in [4.69, 9.17) is 5.41 Å². The molecule has 1 aromatic heterocycles. The van der Waals surface area contributed by atoms with Crippen molar-refractivity contribution in [1.82, 2.24) is 0 Å². The third-order valence-electron chi connectivity index (χ3n) is 1.08. The molecule has 0 radical (unpaired) electrons. The second-order valence-electron chi connectivity index (χ2n) is 1.71. The number of aliphatic imine (C=N–C) groups is 1. The van der Waals surface area contributed by atoms with Gasteiger partial charge in [-0.3, -0.25) is 0 Å². The van der Waals surface area contributed by atoms with Crippen LogP contribution in [0.4, 0.5) is 5.00 Å². The molecule has 0 fully saturated rings. The predicted molar refractivity (Wildman–Crippen MR) is 46.0 cm³/mol. The quantitative estimate of drug-likeness (QED) is 0.632. The van der Waals surface area contributed by atoms with Crippen LogP contribution in [-0.4, -0.2) is 12.4 Å². The summed E-state index contributed by atoms with van der Waals surface area (Å²) in [5, 5.41) is 9.84. The van der Waals surface area contributed by atoms with Crippen LogP contribution in [0.25, 0.3) is 0 Å². The highest BCUT2D eigenvalue weighted by Gasteiger charge is 1.95. The highest BCUT2D eigenvalue weighted by molar-refractivity contribution is 7.14. The molecule has 0 aliphatic rings. The van der Waals surface area contributed by atoms with E-state index >= 15 is 0 Å². The van der Waals surface area contributed by atoms with Gasteiger partial charge in [0.25, 0.3) is 0 Å². The van der Waals surface area contributed by atoms with Gasteiger partial charge in [-0.25, -0.2) is 4.99 Å². The van der Waals surface area contributed by atoms with Crippen LogP contribution < -0.4 is 0 Å². The Morgan fingerprint density at radius 1 is 1.70 bits per heavy atom. The molecule has 52 valence electrons. The Bertz CT molecular complexity index is 250. The Balaban J connectivity index is 3.00. The minimum absolute atomic E-state index is 0.892. The average Bonchev–Trinajstić information content (AvgIpc) is 2.36. The molecule has 10 heavy (non-hydrogen) atoms. The third-order valence-corrected chi connectivity index (χ3v) is 1.91. The van der Waals surface area contributed by atoms with Crippen LogP contribution in [0.15, 0.2) is 16.4 Å². The van der Waals surface area contributed by atoms with Crippen molar-refractivity contribution >= 4 is 28.8 Å². The maximum absolute atomic E-state index is 6.99. The number of thiophene rings is 1. The first-order chi connectivity index (χ1) is 4.88. The van der Waals surface area contributed by atoms with Gasteiger partial charge in [-0.05, 0) is 18.4 Å². The van der Waals surface area contributed by atoms with E-state index in [9.17, 15) is 0 Å². The van der Waals surface area contributed by atoms with Crippen molar-refractivity contribution in [3.8, 4) is 0 Å². The average molecular weight is 152 g/mol. The van der Waals surface area contributed by atoms with E-state index in [0.717, 1.165) is 10.6 Å². The molecule has 1 aromatic rings. The molecule has 0 unspecified atom stereocenters. The SMILES string of the molecule is C/C=N\c1sccc1C=N. The maximum atomic E-state index is 6.99. The molecule has 0 aromatic carbocycles. The highest BCUT2D eigenvalue weighted by atomic mass is 32.1. The van der Waals surface area contributed by atoms with E-state index in [1.807, 2.05) is 18.4 Å². The topological polar surface area (TPSA) is 36.2 Å². The summed E-state index contributed by atoms with van der Waals surface area (Å²) in [6.45, 7) is 1.87. The minimum Gasteiger partial charge on any atom is -0.308 e. The summed E-state index contributed by atoms with van der Waals surface area (Å²) in [7, 11) is 0. The molecule has 0 saturated carbocycles. The predicted octanol–water partition coefficient (Wildman–Crippen LogP) is 2.47. The molecule has 0 saturated heterocycles. The van der Waals surface area contributed by atoms with Gasteiger partial charge < -0.3 is 5.41 Å². The molecule has 2 nitrogen and oxygen atoms in total. The second kappa shape index (κ2) is 3.27. The summed E-state index contributed by atoms with van der Waals surface area (Å²) in [6.07, 6.45) is 3.05. The van der Waals surface area contributed by atoms with Gasteiger partial charge in [0.2, 0.25) is 0 Å². The summed E-state index contributed by atoms with van der Waals surface area (Å²) in [6, 6.07) is 1.89. The van der Waals surface area contributed by atoms with Crippen molar-refractivity contribution in [2.24, 2.45) is 4.99 Å². The van der Waals surface area contributed by atoms with Gasteiger partial charge in [0.1, 0.15) is 5.00 Å². The summed E-state index contributed by atoms with van der Waals surface area (Å²) in [5.41, 5.74) is 0.892. The monoisotopic (exact) mass is 152 g/mol. The van der Waals surface area contributed by atoms with Crippen molar-refractivity contribution < 1.29 is 0 Å². The van der Waals surface area contributed by atoms with Crippen LogP contribution in [-0.2, 0) is 0 Å². The number of rotatable bonds is 2. The normalized spacial score (nSPS) is 10.5. The third kappa shape index (κ3) is 1.30. The molecule has 0 aliphatic heterocycles. The zero-order chi connectivity index (χ0) is 7.40. The Kier molecular flexibility index (Phi) is 2.34. The number of hydrogen-bond acceptors (Lipinski definition) is 3. The molecular weight excluding hydrogens is 144 g/mol. The number of nitrogens with one attached hydrogen (secondary N) is 1. The molecular formula is C7H8N2S. The van der Waals surface area contributed by atoms with Crippen LogP contribution in [0.5, 0.6) is 0 Å². The molecule has 0 atom stereocenters. The molecule has 1 rings (SSSR count). The van der Waals surface area contributed by atoms with Gasteiger partial charge in [0.15, 0.2) is 0 Å². The van der Waals surface area contributed by atoms with Crippen molar-refractivity contribution in [1.29, 1.82) is 5.41 Å². The Morgan fingerprint density at radius 2 is 2.50 bits per heavy atom. The van der Waals surface area contributed by atoms with E-state index in [1.54, 1.807) is 17.6 Å². The molecule has 0 aliphatic carbocycles. The largest absolute Gasteiger partial charge is 0.308 e. The van der Waals surface area contributed by atoms with Crippen molar-refractivity contribution in [2.75, 3.05) is 0 Å². The molecule has 0 spiro atoms. The zero-order valence-corrected chi connectivity index (χ0v) is 6.48.